The van der Waals surface area contributed by atoms with Crippen molar-refractivity contribution in [3.8, 4) is 0 Å². The third-order valence-corrected chi connectivity index (χ3v) is 3.73. The average molecular weight is 263 g/mol. The van der Waals surface area contributed by atoms with E-state index in [1.165, 1.54) is 19.3 Å². The molecule has 1 aliphatic rings. The number of nitrogens with one attached hydrogen (secondary N) is 2. The Morgan fingerprint density at radius 3 is 2.95 bits per heavy atom. The van der Waals surface area contributed by atoms with Crippen LogP contribution in [0.3, 0.4) is 0 Å². The standard InChI is InChI=1S/C14H25N5/c1-11-17-13(16-3)9-14(18-11)19-8-4-5-12(10-19)6-7-15-2/h9,12,15H,4-8,10H2,1-3H3,(H,16,17,18). The van der Waals surface area contributed by atoms with Gasteiger partial charge < -0.3 is 15.5 Å². The molecule has 19 heavy (non-hydrogen) atoms. The molecule has 0 saturated carbocycles. The quantitative estimate of drug-likeness (QED) is 0.846. The minimum Gasteiger partial charge on any atom is -0.373 e. The molecule has 0 amide bonds. The van der Waals surface area contributed by atoms with Gasteiger partial charge in [0.15, 0.2) is 0 Å². The molecule has 1 aliphatic heterocycles. The molecule has 0 aromatic carbocycles. The molecular weight excluding hydrogens is 238 g/mol. The molecule has 1 unspecified atom stereocenters. The molecule has 2 rings (SSSR count). The van der Waals surface area contributed by atoms with Gasteiger partial charge in [0.05, 0.1) is 0 Å². The van der Waals surface area contributed by atoms with Gasteiger partial charge in [-0.1, -0.05) is 0 Å². The second kappa shape index (κ2) is 6.70. The average Bonchev–Trinajstić information content (AvgIpc) is 2.44. The minimum atomic E-state index is 0.773. The monoisotopic (exact) mass is 263 g/mol. The van der Waals surface area contributed by atoms with Crippen LogP contribution in [0.25, 0.3) is 0 Å². The molecule has 0 bridgehead atoms. The summed E-state index contributed by atoms with van der Waals surface area (Å²) in [6.07, 6.45) is 3.84. The SMILES string of the molecule is CNCCC1CCCN(c2cc(NC)nc(C)n2)C1. The molecule has 1 atom stereocenters. The van der Waals surface area contributed by atoms with Gasteiger partial charge in [-0.2, -0.15) is 0 Å². The first-order chi connectivity index (χ1) is 9.22. The van der Waals surface area contributed by atoms with Crippen molar-refractivity contribution in [3.05, 3.63) is 11.9 Å². The predicted molar refractivity (Wildman–Crippen MR) is 79.8 cm³/mol. The van der Waals surface area contributed by atoms with E-state index in [1.807, 2.05) is 27.1 Å². The Morgan fingerprint density at radius 2 is 2.21 bits per heavy atom. The van der Waals surface area contributed by atoms with Gasteiger partial charge in [-0.05, 0) is 45.7 Å². The molecule has 0 spiro atoms. The zero-order valence-corrected chi connectivity index (χ0v) is 12.2. The first-order valence-electron chi connectivity index (χ1n) is 7.16. The Kier molecular flexibility index (Phi) is 4.96. The lowest BCUT2D eigenvalue weighted by molar-refractivity contribution is 0.386. The third-order valence-electron chi connectivity index (χ3n) is 3.73. The van der Waals surface area contributed by atoms with Crippen molar-refractivity contribution in [1.82, 2.24) is 15.3 Å². The summed E-state index contributed by atoms with van der Waals surface area (Å²) < 4.78 is 0. The van der Waals surface area contributed by atoms with Gasteiger partial charge in [-0.25, -0.2) is 9.97 Å². The summed E-state index contributed by atoms with van der Waals surface area (Å²) in [5.41, 5.74) is 0. The van der Waals surface area contributed by atoms with Crippen LogP contribution in [0.15, 0.2) is 6.07 Å². The van der Waals surface area contributed by atoms with Crippen molar-refractivity contribution < 1.29 is 0 Å². The van der Waals surface area contributed by atoms with Gasteiger partial charge in [0, 0.05) is 26.2 Å². The van der Waals surface area contributed by atoms with Crippen molar-refractivity contribution in [2.75, 3.05) is 43.9 Å². The molecule has 0 aliphatic carbocycles. The Balaban J connectivity index is 2.06. The van der Waals surface area contributed by atoms with E-state index in [1.54, 1.807) is 0 Å². The molecule has 1 aromatic rings. The number of aromatic nitrogens is 2. The van der Waals surface area contributed by atoms with Gasteiger partial charge in [-0.15, -0.1) is 0 Å². The number of hydrogen-bond donors (Lipinski definition) is 2. The number of hydrogen-bond acceptors (Lipinski definition) is 5. The van der Waals surface area contributed by atoms with E-state index in [2.05, 4.69) is 25.5 Å². The van der Waals surface area contributed by atoms with E-state index in [9.17, 15) is 0 Å². The van der Waals surface area contributed by atoms with Crippen LogP contribution in [-0.4, -0.2) is 43.7 Å². The van der Waals surface area contributed by atoms with Crippen LogP contribution < -0.4 is 15.5 Å². The van der Waals surface area contributed by atoms with E-state index in [-0.39, 0.29) is 0 Å². The summed E-state index contributed by atoms with van der Waals surface area (Å²) in [5.74, 6) is 3.57. The fraction of sp³-hybridized carbons (Fsp3) is 0.714. The fourth-order valence-corrected chi connectivity index (χ4v) is 2.70. The van der Waals surface area contributed by atoms with Crippen LogP contribution >= 0.6 is 0 Å². The minimum absolute atomic E-state index is 0.773. The van der Waals surface area contributed by atoms with E-state index in [0.29, 0.717) is 0 Å². The van der Waals surface area contributed by atoms with Crippen LogP contribution in [0.2, 0.25) is 0 Å². The number of rotatable bonds is 5. The summed E-state index contributed by atoms with van der Waals surface area (Å²) in [6, 6.07) is 2.05. The van der Waals surface area contributed by atoms with E-state index < -0.39 is 0 Å². The lowest BCUT2D eigenvalue weighted by Crippen LogP contribution is -2.37. The molecule has 2 heterocycles. The first kappa shape index (κ1) is 14.1. The maximum atomic E-state index is 4.58. The lowest BCUT2D eigenvalue weighted by Gasteiger charge is -2.33. The van der Waals surface area contributed by atoms with Gasteiger partial charge in [0.1, 0.15) is 17.5 Å². The van der Waals surface area contributed by atoms with Crippen molar-refractivity contribution in [2.24, 2.45) is 5.92 Å². The van der Waals surface area contributed by atoms with Gasteiger partial charge >= 0.3 is 0 Å². The van der Waals surface area contributed by atoms with E-state index in [4.69, 9.17) is 0 Å². The molecule has 1 fully saturated rings. The molecular formula is C14H25N5. The molecule has 5 heteroatoms. The number of aryl methyl sites for hydroxylation is 1. The summed E-state index contributed by atoms with van der Waals surface area (Å²) in [4.78, 5) is 11.3. The van der Waals surface area contributed by atoms with Crippen LogP contribution in [-0.2, 0) is 0 Å². The van der Waals surface area contributed by atoms with E-state index in [0.717, 1.165) is 43.0 Å². The predicted octanol–water partition coefficient (Wildman–Crippen LogP) is 1.65. The maximum Gasteiger partial charge on any atom is 0.134 e. The topological polar surface area (TPSA) is 53.1 Å². The van der Waals surface area contributed by atoms with Gasteiger partial charge in [0.2, 0.25) is 0 Å². The van der Waals surface area contributed by atoms with Crippen LogP contribution in [0.4, 0.5) is 11.6 Å². The van der Waals surface area contributed by atoms with Crippen molar-refractivity contribution in [3.63, 3.8) is 0 Å². The van der Waals surface area contributed by atoms with Crippen LogP contribution in [0.5, 0.6) is 0 Å². The van der Waals surface area contributed by atoms with Crippen molar-refractivity contribution in [2.45, 2.75) is 26.2 Å². The maximum absolute atomic E-state index is 4.58. The highest BCUT2D eigenvalue weighted by Crippen LogP contribution is 2.24. The Hall–Kier alpha value is -1.36. The van der Waals surface area contributed by atoms with Crippen LogP contribution in [0.1, 0.15) is 25.1 Å². The van der Waals surface area contributed by atoms with Gasteiger partial charge in [-0.3, -0.25) is 0 Å². The van der Waals surface area contributed by atoms with Gasteiger partial charge in [0.25, 0.3) is 0 Å². The molecule has 2 N–H and O–H groups in total. The molecule has 1 saturated heterocycles. The number of anilines is 2. The third kappa shape index (κ3) is 3.80. The highest BCUT2D eigenvalue weighted by atomic mass is 15.2. The second-order valence-electron chi connectivity index (χ2n) is 5.26. The highest BCUT2D eigenvalue weighted by molar-refractivity contribution is 5.49. The number of nitrogens with zero attached hydrogens (tertiary/aromatic N) is 3. The summed E-state index contributed by atoms with van der Waals surface area (Å²) >= 11 is 0. The molecule has 5 nitrogen and oxygen atoms in total. The number of piperidine rings is 1. The first-order valence-corrected chi connectivity index (χ1v) is 7.16. The highest BCUT2D eigenvalue weighted by Gasteiger charge is 2.21. The zero-order chi connectivity index (χ0) is 13.7. The fourth-order valence-electron chi connectivity index (χ4n) is 2.70. The normalized spacial score (nSPS) is 19.5. The smallest absolute Gasteiger partial charge is 0.134 e. The largest absolute Gasteiger partial charge is 0.373 e. The molecule has 0 radical (unpaired) electrons. The van der Waals surface area contributed by atoms with E-state index >= 15 is 0 Å². The zero-order valence-electron chi connectivity index (χ0n) is 12.2. The Morgan fingerprint density at radius 1 is 1.37 bits per heavy atom. The van der Waals surface area contributed by atoms with Crippen LogP contribution in [0, 0.1) is 12.8 Å². The summed E-state index contributed by atoms with van der Waals surface area (Å²) in [6.45, 7) is 5.27. The Labute approximate surface area is 115 Å². The molecule has 106 valence electrons. The van der Waals surface area contributed by atoms with Crippen molar-refractivity contribution in [1.29, 1.82) is 0 Å². The second-order valence-corrected chi connectivity index (χ2v) is 5.26. The summed E-state index contributed by atoms with van der Waals surface area (Å²) in [5, 5.41) is 6.35. The van der Waals surface area contributed by atoms with Crippen molar-refractivity contribution >= 4 is 11.6 Å². The molecule has 1 aromatic heterocycles. The summed E-state index contributed by atoms with van der Waals surface area (Å²) in [7, 11) is 3.92. The Bertz CT molecular complexity index is 407. The lowest BCUT2D eigenvalue weighted by atomic mass is 9.95.